The van der Waals surface area contributed by atoms with Gasteiger partial charge in [-0.1, -0.05) is 42.5 Å². The zero-order valence-corrected chi connectivity index (χ0v) is 16.2. The number of anilines is 2. The van der Waals surface area contributed by atoms with Crippen LogP contribution in [0.15, 0.2) is 77.6 Å². The van der Waals surface area contributed by atoms with Crippen molar-refractivity contribution < 1.29 is 4.79 Å². The van der Waals surface area contributed by atoms with E-state index in [1.54, 1.807) is 18.2 Å². The van der Waals surface area contributed by atoms with Gasteiger partial charge in [0.2, 0.25) is 5.91 Å². The Labute approximate surface area is 173 Å². The monoisotopic (exact) mass is 406 g/mol. The summed E-state index contributed by atoms with van der Waals surface area (Å²) in [6.07, 6.45) is 0.254. The maximum atomic E-state index is 12.4. The summed E-state index contributed by atoms with van der Waals surface area (Å²) in [4.78, 5) is 24.4. The van der Waals surface area contributed by atoms with Gasteiger partial charge in [0.15, 0.2) is 0 Å². The van der Waals surface area contributed by atoms with Gasteiger partial charge in [0.1, 0.15) is 0 Å². The van der Waals surface area contributed by atoms with E-state index in [1.807, 2.05) is 54.6 Å². The Hall–Kier alpha value is -3.64. The highest BCUT2D eigenvalue weighted by molar-refractivity contribution is 5.96. The van der Waals surface area contributed by atoms with Gasteiger partial charge in [-0.2, -0.15) is 5.10 Å². The van der Waals surface area contributed by atoms with E-state index in [4.69, 9.17) is 5.73 Å². The number of carbonyl (C=O) groups excluding carboxylic acids is 1. The molecule has 0 aliphatic carbocycles. The maximum Gasteiger partial charge on any atom is 0.272 e. The number of nitrogens with two attached hydrogens (primary N) is 1. The van der Waals surface area contributed by atoms with Crippen LogP contribution in [0, 0.1) is 0 Å². The minimum absolute atomic E-state index is 0. The van der Waals surface area contributed by atoms with Crippen molar-refractivity contribution in [2.75, 3.05) is 11.1 Å². The van der Waals surface area contributed by atoms with Gasteiger partial charge in [-0.25, -0.2) is 5.10 Å². The van der Waals surface area contributed by atoms with E-state index in [2.05, 4.69) is 15.5 Å². The first-order valence-corrected chi connectivity index (χ1v) is 8.82. The Kier molecular flexibility index (Phi) is 5.95. The SMILES string of the molecule is Cl.Nc1ccc(CC(=O)Nc2cccc(-c3n[nH]c(=O)c4ccccc34)c2)cc1. The molecule has 0 fully saturated rings. The molecule has 1 aromatic heterocycles. The first-order valence-electron chi connectivity index (χ1n) is 8.82. The van der Waals surface area contributed by atoms with Gasteiger partial charge in [-0.15, -0.1) is 12.4 Å². The lowest BCUT2D eigenvalue weighted by Crippen LogP contribution is -2.14. The molecule has 0 aliphatic heterocycles. The zero-order valence-electron chi connectivity index (χ0n) is 15.4. The van der Waals surface area contributed by atoms with Crippen LogP contribution < -0.4 is 16.6 Å². The van der Waals surface area contributed by atoms with E-state index in [1.165, 1.54) is 0 Å². The summed E-state index contributed by atoms with van der Waals surface area (Å²) in [6, 6.07) is 21.9. The third kappa shape index (κ3) is 4.44. The van der Waals surface area contributed by atoms with E-state index >= 15 is 0 Å². The molecule has 0 radical (unpaired) electrons. The molecule has 4 rings (SSSR count). The molecule has 1 heterocycles. The molecule has 0 saturated heterocycles. The number of hydrogen-bond donors (Lipinski definition) is 3. The number of H-pyrrole nitrogens is 1. The molecular weight excluding hydrogens is 388 g/mol. The number of amides is 1. The fourth-order valence-corrected chi connectivity index (χ4v) is 3.11. The molecule has 0 unspecified atom stereocenters. The van der Waals surface area contributed by atoms with Crippen LogP contribution in [-0.4, -0.2) is 16.1 Å². The molecule has 0 aliphatic rings. The molecule has 4 aromatic rings. The molecule has 0 atom stereocenters. The second kappa shape index (κ2) is 8.58. The Bertz CT molecular complexity index is 1220. The second-order valence-corrected chi connectivity index (χ2v) is 6.49. The number of carbonyl (C=O) groups is 1. The molecule has 0 spiro atoms. The highest BCUT2D eigenvalue weighted by Gasteiger charge is 2.10. The van der Waals surface area contributed by atoms with Gasteiger partial charge < -0.3 is 11.1 Å². The lowest BCUT2D eigenvalue weighted by atomic mass is 10.0. The fourth-order valence-electron chi connectivity index (χ4n) is 3.11. The fraction of sp³-hybridized carbons (Fsp3) is 0.0455. The van der Waals surface area contributed by atoms with Crippen molar-refractivity contribution in [3.05, 3.63) is 88.7 Å². The van der Waals surface area contributed by atoms with Crippen LogP contribution >= 0.6 is 12.4 Å². The van der Waals surface area contributed by atoms with Crippen molar-refractivity contribution in [3.8, 4) is 11.3 Å². The topological polar surface area (TPSA) is 101 Å². The number of aromatic nitrogens is 2. The van der Waals surface area contributed by atoms with Crippen molar-refractivity contribution >= 4 is 40.5 Å². The molecule has 7 heteroatoms. The Morgan fingerprint density at radius 1 is 0.966 bits per heavy atom. The van der Waals surface area contributed by atoms with Crippen molar-refractivity contribution in [2.45, 2.75) is 6.42 Å². The number of nitrogen functional groups attached to an aromatic ring is 1. The Morgan fingerprint density at radius 3 is 2.45 bits per heavy atom. The van der Waals surface area contributed by atoms with E-state index in [9.17, 15) is 9.59 Å². The molecule has 0 bridgehead atoms. The van der Waals surface area contributed by atoms with Crippen LogP contribution in [0.4, 0.5) is 11.4 Å². The normalized spacial score (nSPS) is 10.3. The standard InChI is InChI=1S/C22H18N4O2.ClH/c23-16-10-8-14(9-11-16)12-20(27)24-17-5-3-4-15(13-17)21-18-6-1-2-7-19(18)22(28)26-25-21;/h1-11,13H,12,23H2,(H,24,27)(H,26,28);1H. The van der Waals surface area contributed by atoms with Crippen LogP contribution in [0.25, 0.3) is 22.0 Å². The van der Waals surface area contributed by atoms with Crippen molar-refractivity contribution in [1.82, 2.24) is 10.2 Å². The smallest absolute Gasteiger partial charge is 0.272 e. The number of nitrogens with one attached hydrogen (secondary N) is 2. The van der Waals surface area contributed by atoms with Crippen LogP contribution in [0.1, 0.15) is 5.56 Å². The number of benzene rings is 3. The predicted octanol–water partition coefficient (Wildman–Crippen LogP) is 3.78. The van der Waals surface area contributed by atoms with Crippen LogP contribution in [0.3, 0.4) is 0 Å². The molecule has 3 aromatic carbocycles. The summed E-state index contributed by atoms with van der Waals surface area (Å²) in [5.41, 5.74) is 9.12. The van der Waals surface area contributed by atoms with Crippen LogP contribution in [-0.2, 0) is 11.2 Å². The number of fused-ring (bicyclic) bond motifs is 1. The van der Waals surface area contributed by atoms with E-state index < -0.39 is 0 Å². The van der Waals surface area contributed by atoms with Crippen molar-refractivity contribution in [2.24, 2.45) is 0 Å². The Balaban J connectivity index is 0.00000240. The summed E-state index contributed by atoms with van der Waals surface area (Å²) in [6.45, 7) is 0. The Morgan fingerprint density at radius 2 is 1.69 bits per heavy atom. The average Bonchev–Trinajstić information content (AvgIpc) is 2.70. The van der Waals surface area contributed by atoms with Crippen LogP contribution in [0.5, 0.6) is 0 Å². The average molecular weight is 407 g/mol. The van der Waals surface area contributed by atoms with Gasteiger partial charge in [0, 0.05) is 22.3 Å². The summed E-state index contributed by atoms with van der Waals surface area (Å²) in [7, 11) is 0. The number of hydrogen-bond acceptors (Lipinski definition) is 4. The van der Waals surface area contributed by atoms with E-state index in [-0.39, 0.29) is 30.3 Å². The van der Waals surface area contributed by atoms with E-state index in [0.717, 1.165) is 16.5 Å². The van der Waals surface area contributed by atoms with Gasteiger partial charge in [0.05, 0.1) is 17.5 Å². The van der Waals surface area contributed by atoms with Crippen molar-refractivity contribution in [3.63, 3.8) is 0 Å². The minimum Gasteiger partial charge on any atom is -0.399 e. The largest absolute Gasteiger partial charge is 0.399 e. The summed E-state index contributed by atoms with van der Waals surface area (Å²) in [5.74, 6) is -0.124. The highest BCUT2D eigenvalue weighted by atomic mass is 35.5. The quantitative estimate of drug-likeness (QED) is 0.449. The number of halogens is 1. The first kappa shape index (κ1) is 20.1. The predicted molar refractivity (Wildman–Crippen MR) is 118 cm³/mol. The number of nitrogens with zero attached hydrogens (tertiary/aromatic N) is 1. The molecule has 1 amide bonds. The highest BCUT2D eigenvalue weighted by Crippen LogP contribution is 2.26. The van der Waals surface area contributed by atoms with Gasteiger partial charge >= 0.3 is 0 Å². The molecule has 4 N–H and O–H groups in total. The van der Waals surface area contributed by atoms with Crippen molar-refractivity contribution in [1.29, 1.82) is 0 Å². The minimum atomic E-state index is -0.229. The molecule has 146 valence electrons. The summed E-state index contributed by atoms with van der Waals surface area (Å²) < 4.78 is 0. The molecule has 0 saturated carbocycles. The lowest BCUT2D eigenvalue weighted by molar-refractivity contribution is -0.115. The third-order valence-electron chi connectivity index (χ3n) is 4.46. The lowest BCUT2D eigenvalue weighted by Gasteiger charge is -2.09. The number of aromatic amines is 1. The van der Waals surface area contributed by atoms with Gasteiger partial charge in [-0.3, -0.25) is 9.59 Å². The molecular formula is C22H19ClN4O2. The van der Waals surface area contributed by atoms with Gasteiger partial charge in [-0.05, 0) is 35.9 Å². The van der Waals surface area contributed by atoms with E-state index in [0.29, 0.717) is 22.5 Å². The second-order valence-electron chi connectivity index (χ2n) is 6.49. The van der Waals surface area contributed by atoms with Crippen LogP contribution in [0.2, 0.25) is 0 Å². The molecule has 6 nitrogen and oxygen atoms in total. The molecule has 29 heavy (non-hydrogen) atoms. The third-order valence-corrected chi connectivity index (χ3v) is 4.46. The first-order chi connectivity index (χ1) is 13.6. The maximum absolute atomic E-state index is 12.4. The summed E-state index contributed by atoms with van der Waals surface area (Å²) >= 11 is 0. The van der Waals surface area contributed by atoms with Gasteiger partial charge in [0.25, 0.3) is 5.56 Å². The zero-order chi connectivity index (χ0) is 19.5. The summed E-state index contributed by atoms with van der Waals surface area (Å²) in [5, 5.41) is 11.0. The number of rotatable bonds is 4.